The Kier molecular flexibility index (Phi) is 7.29. The fourth-order valence-corrected chi connectivity index (χ4v) is 5.86. The Bertz CT molecular complexity index is 1300. The van der Waals surface area contributed by atoms with Crippen LogP contribution in [0.15, 0.2) is 33.0 Å². The number of rotatable bonds is 7. The van der Waals surface area contributed by atoms with Gasteiger partial charge in [-0.15, -0.1) is 0 Å². The number of imidazole rings is 1. The summed E-state index contributed by atoms with van der Waals surface area (Å²) in [6.07, 6.45) is 3.08. The molecule has 4 aliphatic rings. The van der Waals surface area contributed by atoms with E-state index in [4.69, 9.17) is 25.3 Å². The second-order valence-electron chi connectivity index (χ2n) is 8.97. The van der Waals surface area contributed by atoms with Gasteiger partial charge in [-0.1, -0.05) is 0 Å². The number of aryl methyl sites for hydroxylation is 1. The number of hydrogen-bond donors (Lipinski definition) is 3. The fraction of sp³-hybridized carbons (Fsp3) is 0.435. The normalized spacial score (nSPS) is 16.2. The summed E-state index contributed by atoms with van der Waals surface area (Å²) in [6, 6.07) is 3.01. The average molecular weight is 592 g/mol. The van der Waals surface area contributed by atoms with E-state index in [0.29, 0.717) is 59.5 Å². The van der Waals surface area contributed by atoms with Gasteiger partial charge in [0.1, 0.15) is 6.04 Å². The van der Waals surface area contributed by atoms with E-state index < -0.39 is 12.1 Å². The number of fused-ring (bicyclic) bond motifs is 2. The number of nitrogens with one attached hydrogen (secondary N) is 1. The first-order chi connectivity index (χ1) is 17.8. The number of nitrogen functional groups attached to an aromatic ring is 1. The van der Waals surface area contributed by atoms with Crippen LogP contribution in [-0.2, 0) is 11.3 Å². The second-order valence-corrected chi connectivity index (χ2v) is 10.8. The lowest BCUT2D eigenvalue weighted by Gasteiger charge is -2.33. The van der Waals surface area contributed by atoms with E-state index in [0.717, 1.165) is 28.6 Å². The Morgan fingerprint density at radius 1 is 1.27 bits per heavy atom. The summed E-state index contributed by atoms with van der Waals surface area (Å²) in [5, 5.41) is 11.6. The molecule has 1 atom stereocenters. The first-order valence-electron chi connectivity index (χ1n) is 11.8. The van der Waals surface area contributed by atoms with E-state index in [-0.39, 0.29) is 12.7 Å². The summed E-state index contributed by atoms with van der Waals surface area (Å²) in [4.78, 5) is 39.6. The molecule has 37 heavy (non-hydrogen) atoms. The van der Waals surface area contributed by atoms with Crippen molar-refractivity contribution in [3.63, 3.8) is 0 Å². The number of halogens is 1. The molecule has 0 unspecified atom stereocenters. The molecular weight excluding hydrogens is 566 g/mol. The Morgan fingerprint density at radius 3 is 2.73 bits per heavy atom. The van der Waals surface area contributed by atoms with Crippen molar-refractivity contribution in [2.75, 3.05) is 25.6 Å². The maximum Gasteiger partial charge on any atom is 0.405 e. The molecule has 1 fully saturated rings. The zero-order chi connectivity index (χ0) is 26.1. The zero-order valence-electron chi connectivity index (χ0n) is 20.0. The van der Waals surface area contributed by atoms with E-state index >= 15 is 0 Å². The molecule has 1 aromatic rings. The molecule has 0 aliphatic carbocycles. The molecule has 14 heteroatoms. The van der Waals surface area contributed by atoms with Crippen LogP contribution in [0.1, 0.15) is 26.2 Å². The van der Waals surface area contributed by atoms with Crippen LogP contribution in [0.25, 0.3) is 11.5 Å². The van der Waals surface area contributed by atoms with Gasteiger partial charge in [0.15, 0.2) is 34.0 Å². The number of amides is 2. The summed E-state index contributed by atoms with van der Waals surface area (Å²) in [7, 11) is 0. The number of carbonyl (C=O) groups excluding carboxylic acids is 1. The molecule has 0 saturated carbocycles. The number of likely N-dealkylation sites (tertiary alicyclic amines) is 1. The summed E-state index contributed by atoms with van der Waals surface area (Å²) in [6.45, 7) is 3.67. The van der Waals surface area contributed by atoms with Gasteiger partial charge in [0.05, 0.1) is 6.33 Å². The van der Waals surface area contributed by atoms with E-state index in [1.165, 1.54) is 11.8 Å². The third-order valence-corrected chi connectivity index (χ3v) is 8.36. The maximum absolute atomic E-state index is 12.5. The van der Waals surface area contributed by atoms with Crippen LogP contribution < -0.4 is 20.5 Å². The first kappa shape index (κ1) is 25.4. The number of carbonyl (C=O) groups is 2. The van der Waals surface area contributed by atoms with Crippen LogP contribution in [0, 0.1) is 5.92 Å². The Morgan fingerprint density at radius 2 is 2.00 bits per heavy atom. The van der Waals surface area contributed by atoms with E-state index in [9.17, 15) is 9.59 Å². The van der Waals surface area contributed by atoms with Crippen molar-refractivity contribution in [3.8, 4) is 23.0 Å². The summed E-state index contributed by atoms with van der Waals surface area (Å²) >= 11 is 4.97. The average Bonchev–Trinajstić information content (AvgIpc) is 3.50. The SMILES string of the molecule is C[C@H](NC(=O)O)C(=O)N1CCC(CCn2cnc(N)c3nc(Sc4cc5c(cc4Br)OCO5)nc2-3)CC1. The highest BCUT2D eigenvalue weighted by molar-refractivity contribution is 9.10. The minimum absolute atomic E-state index is 0.189. The van der Waals surface area contributed by atoms with Gasteiger partial charge in [0.25, 0.3) is 0 Å². The van der Waals surface area contributed by atoms with Crippen molar-refractivity contribution in [2.45, 2.75) is 48.8 Å². The van der Waals surface area contributed by atoms with Gasteiger partial charge in [-0.25, -0.2) is 19.7 Å². The van der Waals surface area contributed by atoms with E-state index in [1.54, 1.807) is 18.2 Å². The topological polar surface area (TPSA) is 158 Å². The second kappa shape index (κ2) is 10.6. The molecule has 1 saturated heterocycles. The van der Waals surface area contributed by atoms with Crippen molar-refractivity contribution in [3.05, 3.63) is 22.9 Å². The van der Waals surface area contributed by atoms with E-state index in [1.807, 2.05) is 16.7 Å². The van der Waals surface area contributed by atoms with Gasteiger partial charge in [0.2, 0.25) is 12.7 Å². The molecule has 2 amide bonds. The Hall–Kier alpha value is -3.26. The van der Waals surface area contributed by atoms with Crippen LogP contribution >= 0.6 is 27.7 Å². The minimum atomic E-state index is -1.20. The lowest BCUT2D eigenvalue weighted by atomic mass is 9.93. The molecule has 0 aromatic heterocycles. The number of hydrogen-bond acceptors (Lipinski definition) is 9. The van der Waals surface area contributed by atoms with Crippen LogP contribution in [-0.4, -0.2) is 67.5 Å². The molecule has 4 aliphatic heterocycles. The predicted octanol–water partition coefficient (Wildman–Crippen LogP) is 3.29. The number of piperidine rings is 1. The fourth-order valence-electron chi connectivity index (χ4n) is 4.50. The quantitative estimate of drug-likeness (QED) is 0.372. The summed E-state index contributed by atoms with van der Waals surface area (Å²) in [5.41, 5.74) is 6.67. The van der Waals surface area contributed by atoms with Gasteiger partial charge in [-0.3, -0.25) is 4.79 Å². The molecule has 196 valence electrons. The van der Waals surface area contributed by atoms with Gasteiger partial charge in [-0.05, 0) is 71.9 Å². The minimum Gasteiger partial charge on any atom is -0.465 e. The number of nitrogens with two attached hydrogens (primary N) is 1. The third kappa shape index (κ3) is 5.54. The predicted molar refractivity (Wildman–Crippen MR) is 138 cm³/mol. The molecular formula is C23H26BrN7O5S. The van der Waals surface area contributed by atoms with Crippen molar-refractivity contribution in [1.29, 1.82) is 0 Å². The van der Waals surface area contributed by atoms with Crippen molar-refractivity contribution < 1.29 is 24.2 Å². The van der Waals surface area contributed by atoms with Crippen molar-refractivity contribution in [2.24, 2.45) is 5.92 Å². The number of nitrogens with zero attached hydrogens (tertiary/aromatic N) is 5. The molecule has 4 heterocycles. The van der Waals surface area contributed by atoms with Crippen LogP contribution in [0.5, 0.6) is 11.5 Å². The third-order valence-electron chi connectivity index (χ3n) is 6.51. The monoisotopic (exact) mass is 591 g/mol. The zero-order valence-corrected chi connectivity index (χ0v) is 22.4. The van der Waals surface area contributed by atoms with Gasteiger partial charge < -0.3 is 35.1 Å². The lowest BCUT2D eigenvalue weighted by Crippen LogP contribution is -2.49. The largest absolute Gasteiger partial charge is 0.465 e. The van der Waals surface area contributed by atoms with Crippen LogP contribution in [0.2, 0.25) is 0 Å². The van der Waals surface area contributed by atoms with Crippen LogP contribution in [0.4, 0.5) is 10.6 Å². The van der Waals surface area contributed by atoms with Gasteiger partial charge in [-0.2, -0.15) is 0 Å². The molecule has 0 spiro atoms. The molecule has 12 nitrogen and oxygen atoms in total. The van der Waals surface area contributed by atoms with Crippen molar-refractivity contribution >= 4 is 45.5 Å². The molecule has 4 N–H and O–H groups in total. The van der Waals surface area contributed by atoms with Crippen molar-refractivity contribution in [1.82, 2.24) is 29.7 Å². The number of anilines is 1. The number of benzene rings is 1. The molecule has 1 aromatic carbocycles. The standard InChI is InChI=1S/C23H26BrN7O5S/c1-12(27-23(33)34)21(32)30-5-2-13(3-6-30)4-7-31-10-26-19(25)18-20(31)29-22(28-18)37-17-9-16-15(8-14(17)24)35-11-36-16/h8-10,12-13,27H,2-7,11,25H2,1H3,(H,33,34)/t12-/m0/s1. The Labute approximate surface area is 225 Å². The first-order valence-corrected chi connectivity index (χ1v) is 13.4. The maximum atomic E-state index is 12.5. The molecule has 5 rings (SSSR count). The van der Waals surface area contributed by atoms with Gasteiger partial charge in [0, 0.05) is 29.0 Å². The highest BCUT2D eigenvalue weighted by Gasteiger charge is 2.27. The summed E-state index contributed by atoms with van der Waals surface area (Å²) in [5.74, 6) is 2.61. The van der Waals surface area contributed by atoms with Gasteiger partial charge >= 0.3 is 6.09 Å². The number of carboxylic acid groups (broad SMARTS) is 1. The highest BCUT2D eigenvalue weighted by atomic mass is 79.9. The molecule has 0 radical (unpaired) electrons. The Balaban J connectivity index is 1.22. The molecule has 0 bridgehead atoms. The summed E-state index contributed by atoms with van der Waals surface area (Å²) < 4.78 is 13.7. The smallest absolute Gasteiger partial charge is 0.405 e. The number of ether oxygens (including phenoxy) is 2. The van der Waals surface area contributed by atoms with E-state index in [2.05, 4.69) is 31.2 Å². The number of aromatic nitrogens is 4. The van der Waals surface area contributed by atoms with Crippen LogP contribution in [0.3, 0.4) is 0 Å². The highest BCUT2D eigenvalue weighted by Crippen LogP contribution is 2.43. The lowest BCUT2D eigenvalue weighted by molar-refractivity contribution is -0.134.